The van der Waals surface area contributed by atoms with Gasteiger partial charge in [0.2, 0.25) is 6.10 Å². The van der Waals surface area contributed by atoms with E-state index in [-0.39, 0.29) is 17.8 Å². The molecule has 4 rings (SSSR count). The molecule has 0 bridgehead atoms. The molecule has 4 aromatic rings. The minimum atomic E-state index is -1.26. The van der Waals surface area contributed by atoms with Gasteiger partial charge in [-0.1, -0.05) is 48.5 Å². The number of para-hydroxylation sites is 1. The van der Waals surface area contributed by atoms with Crippen LogP contribution in [0.25, 0.3) is 10.2 Å². The van der Waals surface area contributed by atoms with E-state index in [1.165, 1.54) is 23.5 Å². The van der Waals surface area contributed by atoms with Crippen molar-refractivity contribution in [2.75, 3.05) is 5.32 Å². The Morgan fingerprint density at radius 2 is 1.82 bits per heavy atom. The van der Waals surface area contributed by atoms with E-state index >= 15 is 0 Å². The first-order chi connectivity index (χ1) is 16.4. The van der Waals surface area contributed by atoms with Crippen molar-refractivity contribution in [1.29, 1.82) is 0 Å². The van der Waals surface area contributed by atoms with Crippen LogP contribution in [0, 0.1) is 17.0 Å². The number of aromatic nitrogens is 1. The van der Waals surface area contributed by atoms with Gasteiger partial charge in [0.05, 0.1) is 26.6 Å². The molecule has 0 saturated carbocycles. The number of rotatable bonds is 8. The fourth-order valence-corrected chi connectivity index (χ4v) is 4.39. The number of anilines is 1. The molecule has 1 unspecified atom stereocenters. The summed E-state index contributed by atoms with van der Waals surface area (Å²) < 4.78 is 6.58. The lowest BCUT2D eigenvalue weighted by atomic mass is 10.1. The molecule has 1 amide bonds. The average molecular weight is 476 g/mol. The Hall–Kier alpha value is -4.11. The fourth-order valence-electron chi connectivity index (χ4n) is 3.42. The second-order valence-corrected chi connectivity index (χ2v) is 8.74. The standard InChI is InChI=1S/C25H21N3O5S/c1-16-11-12-18(20(15-16)28(31)32)27-25(30)24(17-7-3-2-4-8-17)33-23(29)14-13-22-26-19-9-5-6-10-21(19)34-22/h2-12,15,24H,13-14H2,1H3,(H,27,30). The zero-order valence-corrected chi connectivity index (χ0v) is 19.1. The number of carbonyl (C=O) groups is 2. The largest absolute Gasteiger partial charge is 0.447 e. The molecule has 1 heterocycles. The predicted molar refractivity (Wildman–Crippen MR) is 130 cm³/mol. The van der Waals surface area contributed by atoms with Gasteiger partial charge in [0.15, 0.2) is 0 Å². The molecule has 1 N–H and O–H groups in total. The number of carbonyl (C=O) groups excluding carboxylic acids is 2. The molecular formula is C25H21N3O5S. The molecule has 0 aliphatic carbocycles. The van der Waals surface area contributed by atoms with Gasteiger partial charge in [-0.15, -0.1) is 11.3 Å². The van der Waals surface area contributed by atoms with Gasteiger partial charge in [-0.05, 0) is 30.7 Å². The Morgan fingerprint density at radius 3 is 2.56 bits per heavy atom. The number of esters is 1. The van der Waals surface area contributed by atoms with Crippen LogP contribution >= 0.6 is 11.3 Å². The maximum Gasteiger partial charge on any atom is 0.307 e. The third kappa shape index (κ3) is 5.44. The number of hydrogen-bond acceptors (Lipinski definition) is 7. The van der Waals surface area contributed by atoms with Crippen molar-refractivity contribution in [3.8, 4) is 0 Å². The van der Waals surface area contributed by atoms with Crippen LogP contribution in [-0.2, 0) is 20.7 Å². The average Bonchev–Trinajstić information content (AvgIpc) is 3.26. The summed E-state index contributed by atoms with van der Waals surface area (Å²) in [6.45, 7) is 1.72. The first-order valence-electron chi connectivity index (χ1n) is 10.6. The van der Waals surface area contributed by atoms with Crippen LogP contribution in [0.3, 0.4) is 0 Å². The summed E-state index contributed by atoms with van der Waals surface area (Å²) in [5.41, 5.74) is 1.82. The fraction of sp³-hybridized carbons (Fsp3) is 0.160. The summed E-state index contributed by atoms with van der Waals surface area (Å²) in [6.07, 6.45) is -0.837. The Morgan fingerprint density at radius 1 is 1.09 bits per heavy atom. The summed E-state index contributed by atoms with van der Waals surface area (Å²) >= 11 is 1.51. The normalized spacial score (nSPS) is 11.7. The van der Waals surface area contributed by atoms with Crippen LogP contribution in [0.15, 0.2) is 72.8 Å². The van der Waals surface area contributed by atoms with E-state index in [0.29, 0.717) is 17.5 Å². The molecule has 172 valence electrons. The topological polar surface area (TPSA) is 111 Å². The molecule has 9 heteroatoms. The molecular weight excluding hydrogens is 454 g/mol. The Balaban J connectivity index is 1.49. The Kier molecular flexibility index (Phi) is 6.93. The molecule has 0 aliphatic heterocycles. The van der Waals surface area contributed by atoms with Gasteiger partial charge in [0.25, 0.3) is 11.6 Å². The summed E-state index contributed by atoms with van der Waals surface area (Å²) in [4.78, 5) is 41.1. The van der Waals surface area contributed by atoms with Crippen molar-refractivity contribution in [2.45, 2.75) is 25.9 Å². The van der Waals surface area contributed by atoms with Gasteiger partial charge >= 0.3 is 5.97 Å². The zero-order chi connectivity index (χ0) is 24.1. The van der Waals surface area contributed by atoms with Crippen molar-refractivity contribution in [1.82, 2.24) is 4.98 Å². The molecule has 8 nitrogen and oxygen atoms in total. The predicted octanol–water partition coefficient (Wildman–Crippen LogP) is 5.37. The van der Waals surface area contributed by atoms with E-state index in [4.69, 9.17) is 4.74 Å². The molecule has 0 fully saturated rings. The third-order valence-electron chi connectivity index (χ3n) is 5.08. The van der Waals surface area contributed by atoms with Gasteiger partial charge in [-0.25, -0.2) is 4.98 Å². The number of nitro benzene ring substituents is 1. The molecule has 1 atom stereocenters. The van der Waals surface area contributed by atoms with Crippen LogP contribution in [0.4, 0.5) is 11.4 Å². The van der Waals surface area contributed by atoms with Crippen LogP contribution in [-0.4, -0.2) is 21.8 Å². The number of fused-ring (bicyclic) bond motifs is 1. The van der Waals surface area contributed by atoms with Gasteiger partial charge in [-0.2, -0.15) is 0 Å². The van der Waals surface area contributed by atoms with Crippen molar-refractivity contribution in [2.24, 2.45) is 0 Å². The van der Waals surface area contributed by atoms with Crippen molar-refractivity contribution in [3.63, 3.8) is 0 Å². The van der Waals surface area contributed by atoms with Crippen LogP contribution in [0.1, 0.15) is 28.7 Å². The quantitative estimate of drug-likeness (QED) is 0.208. The summed E-state index contributed by atoms with van der Waals surface area (Å²) in [7, 11) is 0. The maximum absolute atomic E-state index is 13.1. The molecule has 3 aromatic carbocycles. The minimum absolute atomic E-state index is 0.0343. The molecule has 1 aromatic heterocycles. The van der Waals surface area contributed by atoms with Crippen molar-refractivity contribution < 1.29 is 19.2 Å². The highest BCUT2D eigenvalue weighted by molar-refractivity contribution is 7.18. The number of ether oxygens (including phenoxy) is 1. The van der Waals surface area contributed by atoms with Crippen LogP contribution < -0.4 is 5.32 Å². The smallest absolute Gasteiger partial charge is 0.307 e. The van der Waals surface area contributed by atoms with Crippen molar-refractivity contribution >= 4 is 44.8 Å². The summed E-state index contributed by atoms with van der Waals surface area (Å²) in [5.74, 6) is -1.24. The first kappa shape index (κ1) is 23.1. The highest BCUT2D eigenvalue weighted by Gasteiger charge is 2.27. The summed E-state index contributed by atoms with van der Waals surface area (Å²) in [6, 6.07) is 20.7. The Bertz CT molecular complexity index is 1320. The lowest BCUT2D eigenvalue weighted by Crippen LogP contribution is -2.26. The van der Waals surface area contributed by atoms with E-state index in [1.54, 1.807) is 43.3 Å². The highest BCUT2D eigenvalue weighted by Crippen LogP contribution is 2.28. The lowest BCUT2D eigenvalue weighted by molar-refractivity contribution is -0.384. The number of nitrogens with one attached hydrogen (secondary N) is 1. The van der Waals surface area contributed by atoms with Gasteiger partial charge in [0.1, 0.15) is 5.69 Å². The maximum atomic E-state index is 13.1. The monoisotopic (exact) mass is 475 g/mol. The number of benzene rings is 3. The van der Waals surface area contributed by atoms with Crippen molar-refractivity contribution in [3.05, 3.63) is 99.0 Å². The molecule has 34 heavy (non-hydrogen) atoms. The third-order valence-corrected chi connectivity index (χ3v) is 6.17. The molecule has 0 aliphatic rings. The Labute approximate surface area is 199 Å². The van der Waals surface area contributed by atoms with E-state index in [1.807, 2.05) is 24.3 Å². The van der Waals surface area contributed by atoms with E-state index in [2.05, 4.69) is 10.3 Å². The zero-order valence-electron chi connectivity index (χ0n) is 18.3. The molecule has 0 spiro atoms. The molecule has 0 radical (unpaired) electrons. The van der Waals surface area contributed by atoms with Crippen LogP contribution in [0.2, 0.25) is 0 Å². The number of amides is 1. The summed E-state index contributed by atoms with van der Waals surface area (Å²) in [5, 5.41) is 14.8. The van der Waals surface area contributed by atoms with Gasteiger partial charge in [-0.3, -0.25) is 19.7 Å². The number of nitrogens with zero attached hydrogens (tertiary/aromatic N) is 2. The number of thiazole rings is 1. The second-order valence-electron chi connectivity index (χ2n) is 7.62. The molecule has 0 saturated heterocycles. The van der Waals surface area contributed by atoms with Crippen LogP contribution in [0.5, 0.6) is 0 Å². The number of aryl methyl sites for hydroxylation is 2. The van der Waals surface area contributed by atoms with Gasteiger partial charge < -0.3 is 10.1 Å². The second kappa shape index (κ2) is 10.2. The lowest BCUT2D eigenvalue weighted by Gasteiger charge is -2.18. The minimum Gasteiger partial charge on any atom is -0.447 e. The van der Waals surface area contributed by atoms with Gasteiger partial charge in [0, 0.05) is 18.1 Å². The van der Waals surface area contributed by atoms with E-state index in [0.717, 1.165) is 15.2 Å². The van der Waals surface area contributed by atoms with E-state index < -0.39 is 22.9 Å². The first-order valence-corrected chi connectivity index (χ1v) is 11.4. The highest BCUT2D eigenvalue weighted by atomic mass is 32.1. The SMILES string of the molecule is Cc1ccc(NC(=O)C(OC(=O)CCc2nc3ccccc3s2)c2ccccc2)c([N+](=O)[O-])c1. The number of hydrogen-bond donors (Lipinski definition) is 1. The number of nitro groups is 1. The van der Waals surface area contributed by atoms with E-state index in [9.17, 15) is 19.7 Å².